The fourth-order valence-corrected chi connectivity index (χ4v) is 3.77. The van der Waals surface area contributed by atoms with Crippen LogP contribution < -0.4 is 15.5 Å². The van der Waals surface area contributed by atoms with Crippen molar-refractivity contribution in [2.45, 2.75) is 25.9 Å². The zero-order chi connectivity index (χ0) is 18.3. The van der Waals surface area contributed by atoms with Gasteiger partial charge in [0.05, 0.1) is 5.52 Å². The summed E-state index contributed by atoms with van der Waals surface area (Å²) in [5.74, 6) is 0.378. The predicted molar refractivity (Wildman–Crippen MR) is 99.0 cm³/mol. The minimum atomic E-state index is -0.400. The van der Waals surface area contributed by atoms with Crippen LogP contribution in [0, 0.1) is 0 Å². The smallest absolute Gasteiger partial charge is 0.312 e. The molecule has 1 aromatic heterocycles. The molecular weight excluding hydrogens is 332 g/mol. The largest absolute Gasteiger partial charge is 0.329 e. The Morgan fingerprint density at radius 2 is 2.12 bits per heavy atom. The molecule has 138 valence electrons. The van der Waals surface area contributed by atoms with Gasteiger partial charge in [-0.05, 0) is 24.6 Å². The maximum Gasteiger partial charge on any atom is 0.329 e. The SMILES string of the molecule is C[C@H]1CN(Cc2ccc3c(c2)c(N2CCC(=O)NC2=O)nn3C)CCN1. The number of fused-ring (bicyclic) bond motifs is 1. The third kappa shape index (κ3) is 3.17. The molecule has 2 N–H and O–H groups in total. The molecule has 2 fully saturated rings. The van der Waals surface area contributed by atoms with Crippen LogP contribution in [0.5, 0.6) is 0 Å². The van der Waals surface area contributed by atoms with Crippen molar-refractivity contribution in [1.29, 1.82) is 0 Å². The number of amides is 3. The molecule has 0 aliphatic carbocycles. The molecule has 2 aliphatic heterocycles. The van der Waals surface area contributed by atoms with Gasteiger partial charge >= 0.3 is 6.03 Å². The van der Waals surface area contributed by atoms with Gasteiger partial charge in [0.1, 0.15) is 0 Å². The Morgan fingerprint density at radius 3 is 2.88 bits per heavy atom. The summed E-state index contributed by atoms with van der Waals surface area (Å²) >= 11 is 0. The molecule has 1 aromatic carbocycles. The highest BCUT2D eigenvalue weighted by molar-refractivity contribution is 6.08. The second kappa shape index (κ2) is 6.69. The number of nitrogens with zero attached hydrogens (tertiary/aromatic N) is 4. The first-order valence-corrected chi connectivity index (χ1v) is 9.04. The molecule has 2 aromatic rings. The van der Waals surface area contributed by atoms with Gasteiger partial charge in [-0.1, -0.05) is 6.07 Å². The highest BCUT2D eigenvalue weighted by Gasteiger charge is 2.28. The van der Waals surface area contributed by atoms with E-state index in [1.54, 1.807) is 9.58 Å². The standard InChI is InChI=1S/C18H24N6O2/c1-12-10-23(8-6-19-12)11-13-3-4-15-14(9-13)17(21-22(15)2)24-7-5-16(25)20-18(24)26/h3-4,9,12,19H,5-8,10-11H2,1-2H3,(H,20,25,26)/t12-/m0/s1. The maximum absolute atomic E-state index is 12.2. The monoisotopic (exact) mass is 356 g/mol. The first-order valence-electron chi connectivity index (χ1n) is 9.04. The van der Waals surface area contributed by atoms with Crippen LogP contribution in [0.15, 0.2) is 18.2 Å². The van der Waals surface area contributed by atoms with Crippen LogP contribution in [-0.2, 0) is 18.4 Å². The van der Waals surface area contributed by atoms with Crippen molar-refractivity contribution in [3.05, 3.63) is 23.8 Å². The van der Waals surface area contributed by atoms with Gasteiger partial charge in [0.2, 0.25) is 5.91 Å². The number of hydrogen-bond acceptors (Lipinski definition) is 5. The number of rotatable bonds is 3. The van der Waals surface area contributed by atoms with Crippen molar-refractivity contribution >= 4 is 28.7 Å². The van der Waals surface area contributed by atoms with E-state index in [0.29, 0.717) is 24.8 Å². The first-order chi connectivity index (χ1) is 12.5. The number of benzene rings is 1. The molecule has 0 spiro atoms. The Morgan fingerprint density at radius 1 is 1.27 bits per heavy atom. The molecule has 2 saturated heterocycles. The molecule has 2 aliphatic rings. The lowest BCUT2D eigenvalue weighted by Crippen LogP contribution is -2.49. The summed E-state index contributed by atoms with van der Waals surface area (Å²) in [6.07, 6.45) is 0.294. The van der Waals surface area contributed by atoms with Gasteiger partial charge in [0.15, 0.2) is 5.82 Å². The molecule has 0 radical (unpaired) electrons. The summed E-state index contributed by atoms with van der Waals surface area (Å²) in [5.41, 5.74) is 2.18. The Balaban J connectivity index is 1.64. The Bertz CT molecular complexity index is 861. The van der Waals surface area contributed by atoms with E-state index in [1.165, 1.54) is 5.56 Å². The molecule has 0 unspecified atom stereocenters. The number of carbonyl (C=O) groups excluding carboxylic acids is 2. The first kappa shape index (κ1) is 17.0. The van der Waals surface area contributed by atoms with Crippen LogP contribution >= 0.6 is 0 Å². The summed E-state index contributed by atoms with van der Waals surface area (Å²) < 4.78 is 1.78. The number of aryl methyl sites for hydroxylation is 1. The van der Waals surface area contributed by atoms with Crippen LogP contribution in [0.1, 0.15) is 18.9 Å². The van der Waals surface area contributed by atoms with Gasteiger partial charge in [-0.3, -0.25) is 24.6 Å². The average molecular weight is 356 g/mol. The minimum Gasteiger partial charge on any atom is -0.312 e. The summed E-state index contributed by atoms with van der Waals surface area (Å²) in [6, 6.07) is 6.40. The number of hydrogen-bond donors (Lipinski definition) is 2. The van der Waals surface area contributed by atoms with Crippen molar-refractivity contribution in [1.82, 2.24) is 25.3 Å². The summed E-state index contributed by atoms with van der Waals surface area (Å²) in [4.78, 5) is 27.6. The quantitative estimate of drug-likeness (QED) is 0.851. The molecule has 8 heteroatoms. The Kier molecular flexibility index (Phi) is 4.37. The van der Waals surface area contributed by atoms with Gasteiger partial charge in [0.25, 0.3) is 0 Å². The van der Waals surface area contributed by atoms with Gasteiger partial charge in [-0.15, -0.1) is 0 Å². The fraction of sp³-hybridized carbons (Fsp3) is 0.500. The molecule has 26 heavy (non-hydrogen) atoms. The third-order valence-corrected chi connectivity index (χ3v) is 5.06. The van der Waals surface area contributed by atoms with Crippen molar-refractivity contribution in [2.24, 2.45) is 7.05 Å². The maximum atomic E-state index is 12.2. The van der Waals surface area contributed by atoms with Crippen LogP contribution in [-0.4, -0.2) is 58.8 Å². The van der Waals surface area contributed by atoms with Gasteiger partial charge in [-0.25, -0.2) is 4.79 Å². The minimum absolute atomic E-state index is 0.236. The van der Waals surface area contributed by atoms with E-state index in [-0.39, 0.29) is 5.91 Å². The van der Waals surface area contributed by atoms with Crippen LogP contribution in [0.25, 0.3) is 10.9 Å². The lowest BCUT2D eigenvalue weighted by Gasteiger charge is -2.31. The predicted octanol–water partition coefficient (Wildman–Crippen LogP) is 0.813. The van der Waals surface area contributed by atoms with E-state index >= 15 is 0 Å². The van der Waals surface area contributed by atoms with E-state index in [0.717, 1.165) is 37.1 Å². The van der Waals surface area contributed by atoms with Crippen molar-refractivity contribution < 1.29 is 9.59 Å². The normalized spacial score (nSPS) is 22.1. The lowest BCUT2D eigenvalue weighted by atomic mass is 10.1. The van der Waals surface area contributed by atoms with Gasteiger partial charge in [-0.2, -0.15) is 5.10 Å². The average Bonchev–Trinajstić information content (AvgIpc) is 2.91. The molecule has 0 bridgehead atoms. The number of anilines is 1. The van der Waals surface area contributed by atoms with Crippen LogP contribution in [0.2, 0.25) is 0 Å². The molecular formula is C18H24N6O2. The topological polar surface area (TPSA) is 82.5 Å². The second-order valence-electron chi connectivity index (χ2n) is 7.14. The third-order valence-electron chi connectivity index (χ3n) is 5.06. The zero-order valence-electron chi connectivity index (χ0n) is 15.2. The number of aromatic nitrogens is 2. The number of piperazine rings is 1. The number of imide groups is 1. The molecule has 8 nitrogen and oxygen atoms in total. The number of urea groups is 1. The summed E-state index contributed by atoms with van der Waals surface area (Å²) in [6.45, 7) is 6.49. The van der Waals surface area contributed by atoms with Crippen molar-refractivity contribution in [3.8, 4) is 0 Å². The molecule has 3 amide bonds. The van der Waals surface area contributed by atoms with Crippen LogP contribution in [0.4, 0.5) is 10.6 Å². The van der Waals surface area contributed by atoms with Gasteiger partial charge < -0.3 is 5.32 Å². The summed E-state index contributed by atoms with van der Waals surface area (Å²) in [5, 5.41) is 11.3. The Labute approximate surface area is 152 Å². The highest BCUT2D eigenvalue weighted by atomic mass is 16.2. The summed E-state index contributed by atoms with van der Waals surface area (Å²) in [7, 11) is 1.87. The van der Waals surface area contributed by atoms with E-state index in [1.807, 2.05) is 7.05 Å². The fourth-order valence-electron chi connectivity index (χ4n) is 3.77. The van der Waals surface area contributed by atoms with E-state index < -0.39 is 6.03 Å². The lowest BCUT2D eigenvalue weighted by molar-refractivity contribution is -0.120. The van der Waals surface area contributed by atoms with Crippen LogP contribution in [0.3, 0.4) is 0 Å². The van der Waals surface area contributed by atoms with Crippen molar-refractivity contribution in [2.75, 3.05) is 31.1 Å². The second-order valence-corrected chi connectivity index (χ2v) is 7.14. The van der Waals surface area contributed by atoms with E-state index in [2.05, 4.69) is 45.8 Å². The van der Waals surface area contributed by atoms with E-state index in [4.69, 9.17) is 0 Å². The highest BCUT2D eigenvalue weighted by Crippen LogP contribution is 2.28. The molecule has 1 atom stereocenters. The number of nitrogens with one attached hydrogen (secondary N) is 2. The molecule has 4 rings (SSSR count). The molecule has 3 heterocycles. The molecule has 0 saturated carbocycles. The Hall–Kier alpha value is -2.45. The zero-order valence-corrected chi connectivity index (χ0v) is 15.2. The van der Waals surface area contributed by atoms with E-state index in [9.17, 15) is 9.59 Å². The number of carbonyl (C=O) groups is 2. The van der Waals surface area contributed by atoms with Gasteiger partial charge in [0, 0.05) is 57.6 Å². The van der Waals surface area contributed by atoms with Crippen molar-refractivity contribution in [3.63, 3.8) is 0 Å².